The van der Waals surface area contributed by atoms with Gasteiger partial charge in [-0.15, -0.1) is 0 Å². The molecule has 4 heterocycles. The Bertz CT molecular complexity index is 1420. The van der Waals surface area contributed by atoms with Crippen molar-refractivity contribution in [1.82, 2.24) is 29.1 Å². The number of fused-ring (bicyclic) bond motifs is 2. The first kappa shape index (κ1) is 20.3. The third kappa shape index (κ3) is 3.02. The van der Waals surface area contributed by atoms with Crippen molar-refractivity contribution >= 4 is 26.6 Å². The molecule has 0 aliphatic heterocycles. The molecule has 0 unspecified atom stereocenters. The summed E-state index contributed by atoms with van der Waals surface area (Å²) in [6.45, 7) is 4.99. The summed E-state index contributed by atoms with van der Waals surface area (Å²) in [4.78, 5) is 12.4. The maximum atomic E-state index is 13.1. The lowest BCUT2D eigenvalue weighted by Gasteiger charge is -2.05. The Hall–Kier alpha value is -3.02. The highest BCUT2D eigenvalue weighted by atomic mass is 32.2. The molecule has 0 aliphatic carbocycles. The SMILES string of the molecule is CCS(=O)(=O)c1c(-c2nc3cc(C(F)(F)F)cnc3n2C)nn2c(C)cc(C)nc12. The fraction of sp³-hybridized carbons (Fsp3) is 0.333. The number of pyridine rings is 1. The van der Waals surface area contributed by atoms with Crippen LogP contribution in [0.4, 0.5) is 13.2 Å². The summed E-state index contributed by atoms with van der Waals surface area (Å²) >= 11 is 0. The summed E-state index contributed by atoms with van der Waals surface area (Å²) in [7, 11) is -2.23. The van der Waals surface area contributed by atoms with E-state index in [1.165, 1.54) is 16.0 Å². The first-order valence-corrected chi connectivity index (χ1v) is 10.6. The summed E-state index contributed by atoms with van der Waals surface area (Å²) < 4.78 is 67.8. The average Bonchev–Trinajstić information content (AvgIpc) is 3.19. The lowest BCUT2D eigenvalue weighted by atomic mass is 10.2. The maximum Gasteiger partial charge on any atom is 0.417 e. The van der Waals surface area contributed by atoms with Gasteiger partial charge in [-0.05, 0) is 26.0 Å². The molecule has 0 radical (unpaired) electrons. The second kappa shape index (κ2) is 6.49. The van der Waals surface area contributed by atoms with Crippen LogP contribution >= 0.6 is 0 Å². The number of hydrogen-bond donors (Lipinski definition) is 0. The topological polar surface area (TPSA) is 95.0 Å². The second-order valence-corrected chi connectivity index (χ2v) is 9.13. The summed E-state index contributed by atoms with van der Waals surface area (Å²) in [5.74, 6) is -0.109. The number of nitrogens with zero attached hydrogens (tertiary/aromatic N) is 6. The standard InChI is InChI=1S/C18H17F3N6O2S/c1-5-30(28,29)14-13(25-27-10(3)6-9(2)23-17(14)27)16-24-12-7-11(18(19,20)21)8-22-15(12)26(16)4/h6-8H,5H2,1-4H3. The van der Waals surface area contributed by atoms with Gasteiger partial charge in [-0.3, -0.25) is 0 Å². The van der Waals surface area contributed by atoms with Gasteiger partial charge in [-0.1, -0.05) is 6.92 Å². The first-order chi connectivity index (χ1) is 13.9. The van der Waals surface area contributed by atoms with Crippen LogP contribution in [-0.2, 0) is 23.1 Å². The average molecular weight is 438 g/mol. The van der Waals surface area contributed by atoms with Gasteiger partial charge in [0.1, 0.15) is 16.1 Å². The maximum absolute atomic E-state index is 13.1. The third-order valence-electron chi connectivity index (χ3n) is 4.79. The number of halogens is 3. The highest BCUT2D eigenvalue weighted by Gasteiger charge is 2.33. The molecule has 0 aromatic carbocycles. The summed E-state index contributed by atoms with van der Waals surface area (Å²) in [6, 6.07) is 2.63. The molecule has 0 atom stereocenters. The Morgan fingerprint density at radius 2 is 1.80 bits per heavy atom. The Kier molecular flexibility index (Phi) is 4.38. The first-order valence-electron chi connectivity index (χ1n) is 8.94. The fourth-order valence-corrected chi connectivity index (χ4v) is 4.45. The van der Waals surface area contributed by atoms with Gasteiger partial charge in [0.05, 0.1) is 11.3 Å². The largest absolute Gasteiger partial charge is 0.417 e. The molecule has 0 N–H and O–H groups in total. The predicted octanol–water partition coefficient (Wildman–Crippen LogP) is 3.11. The lowest BCUT2D eigenvalue weighted by Crippen LogP contribution is -2.07. The van der Waals surface area contributed by atoms with Gasteiger partial charge in [0.15, 0.2) is 27.0 Å². The van der Waals surface area contributed by atoms with Crippen molar-refractivity contribution in [2.45, 2.75) is 31.8 Å². The minimum atomic E-state index is -4.57. The number of imidazole rings is 1. The number of alkyl halides is 3. The predicted molar refractivity (Wildman–Crippen MR) is 103 cm³/mol. The van der Waals surface area contributed by atoms with Crippen molar-refractivity contribution in [2.24, 2.45) is 7.05 Å². The van der Waals surface area contributed by atoms with E-state index in [0.717, 1.165) is 12.3 Å². The monoisotopic (exact) mass is 438 g/mol. The minimum absolute atomic E-state index is 0.0138. The lowest BCUT2D eigenvalue weighted by molar-refractivity contribution is -0.137. The van der Waals surface area contributed by atoms with Crippen molar-refractivity contribution in [3.05, 3.63) is 35.3 Å². The van der Waals surface area contributed by atoms with Gasteiger partial charge >= 0.3 is 6.18 Å². The van der Waals surface area contributed by atoms with Crippen LogP contribution in [0.15, 0.2) is 23.2 Å². The van der Waals surface area contributed by atoms with Crippen molar-refractivity contribution in [3.63, 3.8) is 0 Å². The Morgan fingerprint density at radius 1 is 1.10 bits per heavy atom. The van der Waals surface area contributed by atoms with Crippen molar-refractivity contribution in [3.8, 4) is 11.5 Å². The van der Waals surface area contributed by atoms with Gasteiger partial charge < -0.3 is 4.57 Å². The molecule has 0 amide bonds. The van der Waals surface area contributed by atoms with Crippen molar-refractivity contribution in [1.29, 1.82) is 0 Å². The molecule has 12 heteroatoms. The molecule has 0 fully saturated rings. The molecule has 0 saturated carbocycles. The zero-order valence-corrected chi connectivity index (χ0v) is 17.3. The molecule has 4 aromatic rings. The van der Waals surface area contributed by atoms with Crippen LogP contribution in [-0.4, -0.2) is 43.3 Å². The van der Waals surface area contributed by atoms with Crippen LogP contribution in [0.2, 0.25) is 0 Å². The smallest absolute Gasteiger partial charge is 0.310 e. The van der Waals surface area contributed by atoms with E-state index in [2.05, 4.69) is 20.1 Å². The van der Waals surface area contributed by atoms with E-state index in [4.69, 9.17) is 0 Å². The molecule has 4 rings (SSSR count). The number of aryl methyl sites for hydroxylation is 3. The van der Waals surface area contributed by atoms with E-state index < -0.39 is 21.6 Å². The van der Waals surface area contributed by atoms with Crippen LogP contribution in [0.25, 0.3) is 28.3 Å². The summed E-state index contributed by atoms with van der Waals surface area (Å²) in [5, 5.41) is 4.41. The van der Waals surface area contributed by atoms with E-state index in [1.54, 1.807) is 27.0 Å². The van der Waals surface area contributed by atoms with Gasteiger partial charge in [0.25, 0.3) is 0 Å². The molecule has 8 nitrogen and oxygen atoms in total. The van der Waals surface area contributed by atoms with Crippen molar-refractivity contribution in [2.75, 3.05) is 5.75 Å². The van der Waals surface area contributed by atoms with Gasteiger partial charge in [-0.2, -0.15) is 18.3 Å². The summed E-state index contributed by atoms with van der Waals surface area (Å²) in [5.41, 5.74) is 0.667. The van der Waals surface area contributed by atoms with E-state index in [0.29, 0.717) is 11.4 Å². The fourth-order valence-electron chi connectivity index (χ4n) is 3.32. The molecular formula is C18H17F3N6O2S. The zero-order valence-electron chi connectivity index (χ0n) is 16.5. The molecule has 0 spiro atoms. The minimum Gasteiger partial charge on any atom is -0.310 e. The molecule has 0 bridgehead atoms. The number of sulfone groups is 1. The molecule has 0 aliphatic rings. The van der Waals surface area contributed by atoms with Crippen LogP contribution in [0.3, 0.4) is 0 Å². The normalized spacial score (nSPS) is 12.9. The zero-order chi connectivity index (χ0) is 22.0. The van der Waals surface area contributed by atoms with Crippen molar-refractivity contribution < 1.29 is 21.6 Å². The number of aromatic nitrogens is 6. The van der Waals surface area contributed by atoms with Crippen LogP contribution in [0, 0.1) is 13.8 Å². The van der Waals surface area contributed by atoms with Gasteiger partial charge in [-0.25, -0.2) is 27.9 Å². The van der Waals surface area contributed by atoms with E-state index >= 15 is 0 Å². The van der Waals surface area contributed by atoms with Crippen LogP contribution in [0.5, 0.6) is 0 Å². The van der Waals surface area contributed by atoms with Crippen LogP contribution in [0.1, 0.15) is 23.9 Å². The van der Waals surface area contributed by atoms with E-state index in [1.807, 2.05) is 0 Å². The third-order valence-corrected chi connectivity index (χ3v) is 6.55. The van der Waals surface area contributed by atoms with Gasteiger partial charge in [0.2, 0.25) is 0 Å². The number of rotatable bonds is 3. The highest BCUT2D eigenvalue weighted by Crippen LogP contribution is 2.34. The molecule has 158 valence electrons. The number of hydrogen-bond acceptors (Lipinski definition) is 6. The molecule has 4 aromatic heterocycles. The Labute approximate surface area is 169 Å². The Morgan fingerprint density at radius 3 is 2.43 bits per heavy atom. The van der Waals surface area contributed by atoms with Gasteiger partial charge in [0, 0.05) is 24.6 Å². The van der Waals surface area contributed by atoms with Crippen LogP contribution < -0.4 is 0 Å². The summed E-state index contributed by atoms with van der Waals surface area (Å²) in [6.07, 6.45) is -3.85. The molecule has 30 heavy (non-hydrogen) atoms. The van der Waals surface area contributed by atoms with E-state index in [-0.39, 0.29) is 39.0 Å². The highest BCUT2D eigenvalue weighted by molar-refractivity contribution is 7.91. The molecular weight excluding hydrogens is 421 g/mol. The quantitative estimate of drug-likeness (QED) is 0.488. The van der Waals surface area contributed by atoms with E-state index in [9.17, 15) is 21.6 Å². The second-order valence-electron chi connectivity index (χ2n) is 6.91. The Balaban J connectivity index is 2.09. The molecule has 0 saturated heterocycles.